The fourth-order valence-electron chi connectivity index (χ4n) is 1.70. The third-order valence-electron chi connectivity index (χ3n) is 2.71. The van der Waals surface area contributed by atoms with Gasteiger partial charge in [0.2, 0.25) is 0 Å². The van der Waals surface area contributed by atoms with Gasteiger partial charge < -0.3 is 5.73 Å². The first-order chi connectivity index (χ1) is 6.13. The van der Waals surface area contributed by atoms with Crippen molar-refractivity contribution in [3.05, 3.63) is 35.4 Å². The van der Waals surface area contributed by atoms with E-state index in [1.54, 1.807) is 6.92 Å². The molecule has 1 aromatic rings. The van der Waals surface area contributed by atoms with Gasteiger partial charge in [-0.25, -0.2) is 4.39 Å². The zero-order valence-corrected chi connectivity index (χ0v) is 7.76. The summed E-state index contributed by atoms with van der Waals surface area (Å²) in [6, 6.07) is 7.56. The Balaban J connectivity index is 2.44. The fourth-order valence-corrected chi connectivity index (χ4v) is 1.70. The zero-order chi connectivity index (χ0) is 9.47. The minimum absolute atomic E-state index is 0.225. The molecule has 1 nitrogen and oxygen atoms in total. The Labute approximate surface area is 77.8 Å². The number of benzene rings is 1. The zero-order valence-electron chi connectivity index (χ0n) is 7.76. The van der Waals surface area contributed by atoms with E-state index in [0.29, 0.717) is 0 Å². The first-order valence-electron chi connectivity index (χ1n) is 4.66. The average molecular weight is 179 g/mol. The van der Waals surface area contributed by atoms with Crippen molar-refractivity contribution >= 4 is 0 Å². The third kappa shape index (κ3) is 1.46. The maximum atomic E-state index is 13.2. The summed E-state index contributed by atoms with van der Waals surface area (Å²) in [6.45, 7) is 1.56. The van der Waals surface area contributed by atoms with Crippen LogP contribution in [-0.4, -0.2) is 0 Å². The van der Waals surface area contributed by atoms with Crippen molar-refractivity contribution in [2.45, 2.75) is 31.5 Å². The number of alkyl halides is 1. The minimum atomic E-state index is -0.919. The molecule has 0 bridgehead atoms. The lowest BCUT2D eigenvalue weighted by Crippen LogP contribution is -2.20. The lowest BCUT2D eigenvalue weighted by Gasteiger charge is -2.15. The van der Waals surface area contributed by atoms with E-state index in [9.17, 15) is 4.39 Å². The van der Waals surface area contributed by atoms with Crippen LogP contribution in [0.25, 0.3) is 0 Å². The van der Waals surface area contributed by atoms with Gasteiger partial charge in [0, 0.05) is 5.54 Å². The van der Waals surface area contributed by atoms with Crippen LogP contribution in [0.3, 0.4) is 0 Å². The van der Waals surface area contributed by atoms with Gasteiger partial charge in [0.1, 0.15) is 6.17 Å². The molecule has 0 aromatic heterocycles. The SMILES string of the molecule is CC(F)c1ccccc1C1(N)CC1. The first-order valence-corrected chi connectivity index (χ1v) is 4.66. The molecule has 0 aliphatic heterocycles. The van der Waals surface area contributed by atoms with Crippen LogP contribution < -0.4 is 5.73 Å². The maximum Gasteiger partial charge on any atom is 0.123 e. The van der Waals surface area contributed by atoms with E-state index in [-0.39, 0.29) is 5.54 Å². The summed E-state index contributed by atoms with van der Waals surface area (Å²) in [6.07, 6.45) is 1.05. The molecule has 1 aromatic carbocycles. The van der Waals surface area contributed by atoms with Crippen LogP contribution in [-0.2, 0) is 5.54 Å². The van der Waals surface area contributed by atoms with Gasteiger partial charge in [-0.2, -0.15) is 0 Å². The number of nitrogens with two attached hydrogens (primary N) is 1. The van der Waals surface area contributed by atoms with Crippen molar-refractivity contribution in [2.75, 3.05) is 0 Å². The van der Waals surface area contributed by atoms with Gasteiger partial charge in [-0.1, -0.05) is 24.3 Å². The Morgan fingerprint density at radius 1 is 1.38 bits per heavy atom. The average Bonchev–Trinajstić information content (AvgIpc) is 2.85. The Kier molecular flexibility index (Phi) is 1.88. The van der Waals surface area contributed by atoms with E-state index in [4.69, 9.17) is 5.73 Å². The molecule has 1 fully saturated rings. The number of rotatable bonds is 2. The molecule has 0 spiro atoms. The molecule has 0 saturated heterocycles. The predicted molar refractivity (Wildman–Crippen MR) is 51.1 cm³/mol. The summed E-state index contributed by atoms with van der Waals surface area (Å²) in [7, 11) is 0. The molecular formula is C11H14FN. The molecule has 0 radical (unpaired) electrons. The molecule has 0 amide bonds. The summed E-state index contributed by atoms with van der Waals surface area (Å²) in [5.41, 5.74) is 7.56. The van der Waals surface area contributed by atoms with Crippen LogP contribution in [0.15, 0.2) is 24.3 Å². The quantitative estimate of drug-likeness (QED) is 0.742. The summed E-state index contributed by atoms with van der Waals surface area (Å²) in [4.78, 5) is 0. The maximum absolute atomic E-state index is 13.2. The Hall–Kier alpha value is -0.890. The topological polar surface area (TPSA) is 26.0 Å². The highest BCUT2D eigenvalue weighted by Gasteiger charge is 2.41. The molecule has 1 unspecified atom stereocenters. The monoisotopic (exact) mass is 179 g/mol. The molecule has 1 saturated carbocycles. The van der Waals surface area contributed by atoms with Gasteiger partial charge in [-0.15, -0.1) is 0 Å². The number of hydrogen-bond donors (Lipinski definition) is 1. The van der Waals surface area contributed by atoms with Crippen molar-refractivity contribution in [3.8, 4) is 0 Å². The Morgan fingerprint density at radius 2 is 2.00 bits per heavy atom. The van der Waals surface area contributed by atoms with E-state index in [1.165, 1.54) is 0 Å². The highest BCUT2D eigenvalue weighted by atomic mass is 19.1. The highest BCUT2D eigenvalue weighted by molar-refractivity contribution is 5.38. The lowest BCUT2D eigenvalue weighted by molar-refractivity contribution is 0.369. The van der Waals surface area contributed by atoms with Gasteiger partial charge in [0.25, 0.3) is 0 Å². The fraction of sp³-hybridized carbons (Fsp3) is 0.455. The van der Waals surface area contributed by atoms with Crippen LogP contribution >= 0.6 is 0 Å². The second-order valence-electron chi connectivity index (χ2n) is 3.86. The summed E-state index contributed by atoms with van der Waals surface area (Å²) in [5, 5.41) is 0. The second-order valence-corrected chi connectivity index (χ2v) is 3.86. The van der Waals surface area contributed by atoms with Gasteiger partial charge in [-0.05, 0) is 30.9 Å². The third-order valence-corrected chi connectivity index (χ3v) is 2.71. The van der Waals surface area contributed by atoms with Gasteiger partial charge in [-0.3, -0.25) is 0 Å². The van der Waals surface area contributed by atoms with Crippen LogP contribution in [0.5, 0.6) is 0 Å². The molecule has 1 aliphatic rings. The first kappa shape index (κ1) is 8.70. The normalized spacial score (nSPS) is 21.2. The predicted octanol–water partition coefficient (Wildman–Crippen LogP) is 2.66. The van der Waals surface area contributed by atoms with Crippen LogP contribution in [0.2, 0.25) is 0 Å². The van der Waals surface area contributed by atoms with Gasteiger partial charge in [0.05, 0.1) is 0 Å². The minimum Gasteiger partial charge on any atom is -0.321 e. The van der Waals surface area contributed by atoms with Crippen molar-refractivity contribution in [1.29, 1.82) is 0 Å². The Bertz CT molecular complexity index is 316. The van der Waals surface area contributed by atoms with Crippen molar-refractivity contribution < 1.29 is 4.39 Å². The molecule has 2 heteroatoms. The van der Waals surface area contributed by atoms with Crippen molar-refractivity contribution in [2.24, 2.45) is 5.73 Å². The van der Waals surface area contributed by atoms with Crippen LogP contribution in [0.4, 0.5) is 4.39 Å². The van der Waals surface area contributed by atoms with Crippen molar-refractivity contribution in [3.63, 3.8) is 0 Å². The smallest absolute Gasteiger partial charge is 0.123 e. The molecule has 70 valence electrons. The molecular weight excluding hydrogens is 165 g/mol. The molecule has 2 rings (SSSR count). The largest absolute Gasteiger partial charge is 0.321 e. The standard InChI is InChI=1S/C11H14FN/c1-8(12)9-4-2-3-5-10(9)11(13)6-7-11/h2-5,8H,6-7,13H2,1H3. The summed E-state index contributed by atoms with van der Waals surface area (Å²) >= 11 is 0. The summed E-state index contributed by atoms with van der Waals surface area (Å²) in [5.74, 6) is 0. The van der Waals surface area contributed by atoms with Crippen LogP contribution in [0.1, 0.15) is 37.1 Å². The van der Waals surface area contributed by atoms with E-state index < -0.39 is 6.17 Å². The van der Waals surface area contributed by atoms with E-state index in [2.05, 4.69) is 0 Å². The highest BCUT2D eigenvalue weighted by Crippen LogP contribution is 2.45. The second kappa shape index (κ2) is 2.81. The Morgan fingerprint density at radius 3 is 2.54 bits per heavy atom. The van der Waals surface area contributed by atoms with E-state index in [1.807, 2.05) is 24.3 Å². The number of hydrogen-bond acceptors (Lipinski definition) is 1. The molecule has 0 heterocycles. The van der Waals surface area contributed by atoms with Gasteiger partial charge >= 0.3 is 0 Å². The molecule has 1 atom stereocenters. The number of halogens is 1. The molecule has 13 heavy (non-hydrogen) atoms. The lowest BCUT2D eigenvalue weighted by atomic mass is 9.97. The van der Waals surface area contributed by atoms with Crippen molar-refractivity contribution in [1.82, 2.24) is 0 Å². The van der Waals surface area contributed by atoms with E-state index in [0.717, 1.165) is 24.0 Å². The summed E-state index contributed by atoms with van der Waals surface area (Å²) < 4.78 is 13.2. The van der Waals surface area contributed by atoms with Crippen LogP contribution in [0, 0.1) is 0 Å². The van der Waals surface area contributed by atoms with E-state index >= 15 is 0 Å². The molecule has 2 N–H and O–H groups in total. The molecule has 1 aliphatic carbocycles. The van der Waals surface area contributed by atoms with Gasteiger partial charge in [0.15, 0.2) is 0 Å².